The zero-order chi connectivity index (χ0) is 21.5. The second-order valence-electron chi connectivity index (χ2n) is 7.54. The lowest BCUT2D eigenvalue weighted by atomic mass is 10.1. The molecule has 0 spiro atoms. The van der Waals surface area contributed by atoms with Gasteiger partial charge in [-0.05, 0) is 49.6 Å². The predicted octanol–water partition coefficient (Wildman–Crippen LogP) is 3.48. The van der Waals surface area contributed by atoms with Crippen molar-refractivity contribution in [2.45, 2.75) is 26.8 Å². The van der Waals surface area contributed by atoms with E-state index in [0.717, 1.165) is 31.0 Å². The fourth-order valence-corrected chi connectivity index (χ4v) is 3.49. The number of aromatic nitrogens is 1. The fourth-order valence-electron chi connectivity index (χ4n) is 3.49. The topological polar surface area (TPSA) is 72.5 Å². The molecule has 1 aromatic heterocycles. The molecule has 0 bridgehead atoms. The van der Waals surface area contributed by atoms with E-state index >= 15 is 0 Å². The van der Waals surface area contributed by atoms with E-state index in [4.69, 9.17) is 0 Å². The Labute approximate surface area is 178 Å². The number of carbonyl (C=O) groups is 1. The van der Waals surface area contributed by atoms with Crippen molar-refractivity contribution in [2.24, 2.45) is 4.99 Å². The number of amides is 1. The van der Waals surface area contributed by atoms with Gasteiger partial charge in [-0.15, -0.1) is 0 Å². The molecule has 3 N–H and O–H groups in total. The van der Waals surface area contributed by atoms with Crippen LogP contribution in [0.25, 0.3) is 10.9 Å². The van der Waals surface area contributed by atoms with E-state index in [1.165, 1.54) is 22.2 Å². The average molecular weight is 406 g/mol. The Morgan fingerprint density at radius 3 is 2.50 bits per heavy atom. The largest absolute Gasteiger partial charge is 0.358 e. The maximum Gasteiger partial charge on any atom is 0.253 e. The first-order chi connectivity index (χ1) is 14.5. The van der Waals surface area contributed by atoms with E-state index in [1.807, 2.05) is 24.3 Å². The van der Waals surface area contributed by atoms with E-state index < -0.39 is 0 Å². The third kappa shape index (κ3) is 5.20. The van der Waals surface area contributed by atoms with E-state index in [9.17, 15) is 4.79 Å². The monoisotopic (exact) mass is 405 g/mol. The number of benzene rings is 2. The minimum absolute atomic E-state index is 0.00707. The molecule has 3 aromatic rings. The third-order valence-electron chi connectivity index (χ3n) is 5.07. The van der Waals surface area contributed by atoms with Crippen LogP contribution in [-0.4, -0.2) is 48.9 Å². The number of hydrogen-bond donors (Lipinski definition) is 3. The Morgan fingerprint density at radius 1 is 1.07 bits per heavy atom. The van der Waals surface area contributed by atoms with Crippen LogP contribution in [0, 0.1) is 6.92 Å². The molecule has 3 rings (SSSR count). The van der Waals surface area contributed by atoms with Gasteiger partial charge in [0, 0.05) is 49.3 Å². The fraction of sp³-hybridized carbons (Fsp3) is 0.333. The minimum atomic E-state index is 0.00707. The van der Waals surface area contributed by atoms with Gasteiger partial charge in [0.15, 0.2) is 5.96 Å². The van der Waals surface area contributed by atoms with Crippen LogP contribution in [0.5, 0.6) is 0 Å². The minimum Gasteiger partial charge on any atom is -0.358 e. The van der Waals surface area contributed by atoms with Crippen molar-refractivity contribution < 1.29 is 4.79 Å². The maximum atomic E-state index is 12.0. The van der Waals surface area contributed by atoms with E-state index in [-0.39, 0.29) is 5.91 Å². The lowest BCUT2D eigenvalue weighted by molar-refractivity contribution is 0.0827. The second-order valence-corrected chi connectivity index (χ2v) is 7.54. The average Bonchev–Trinajstić information content (AvgIpc) is 3.07. The van der Waals surface area contributed by atoms with Gasteiger partial charge < -0.3 is 20.5 Å². The number of nitrogens with one attached hydrogen (secondary N) is 3. The molecule has 0 saturated carbocycles. The summed E-state index contributed by atoms with van der Waals surface area (Å²) < 4.78 is 0. The van der Waals surface area contributed by atoms with Gasteiger partial charge in [0.1, 0.15) is 0 Å². The van der Waals surface area contributed by atoms with Crippen LogP contribution in [0.3, 0.4) is 0 Å². The van der Waals surface area contributed by atoms with Gasteiger partial charge in [-0.2, -0.15) is 0 Å². The summed E-state index contributed by atoms with van der Waals surface area (Å²) in [5.41, 5.74) is 5.49. The van der Waals surface area contributed by atoms with E-state index in [1.54, 1.807) is 19.0 Å². The lowest BCUT2D eigenvalue weighted by Gasteiger charge is -2.12. The number of rotatable bonds is 7. The highest BCUT2D eigenvalue weighted by molar-refractivity contribution is 5.93. The zero-order valence-electron chi connectivity index (χ0n) is 18.2. The molecule has 1 amide bonds. The number of aromatic amines is 1. The van der Waals surface area contributed by atoms with Gasteiger partial charge in [0.25, 0.3) is 5.91 Å². The van der Waals surface area contributed by atoms with E-state index in [2.05, 4.69) is 58.7 Å². The molecular formula is C24H31N5O. The first-order valence-electron chi connectivity index (χ1n) is 10.4. The summed E-state index contributed by atoms with van der Waals surface area (Å²) in [5, 5.41) is 8.01. The third-order valence-corrected chi connectivity index (χ3v) is 5.07. The van der Waals surface area contributed by atoms with Crippen LogP contribution in [0.2, 0.25) is 0 Å². The van der Waals surface area contributed by atoms with Crippen molar-refractivity contribution in [2.75, 3.05) is 27.2 Å². The number of aryl methyl sites for hydroxylation is 1. The van der Waals surface area contributed by atoms with Crippen molar-refractivity contribution in [3.8, 4) is 0 Å². The molecule has 1 heterocycles. The van der Waals surface area contributed by atoms with Gasteiger partial charge >= 0.3 is 0 Å². The zero-order valence-corrected chi connectivity index (χ0v) is 18.2. The number of carbonyl (C=O) groups excluding carboxylic acids is 1. The lowest BCUT2D eigenvalue weighted by Crippen LogP contribution is -2.38. The van der Waals surface area contributed by atoms with Crippen LogP contribution >= 0.6 is 0 Å². The molecule has 0 atom stereocenters. The van der Waals surface area contributed by atoms with Crippen molar-refractivity contribution in [1.82, 2.24) is 20.5 Å². The quantitative estimate of drug-likeness (QED) is 0.416. The predicted molar refractivity (Wildman–Crippen MR) is 124 cm³/mol. The molecule has 0 aliphatic rings. The van der Waals surface area contributed by atoms with Gasteiger partial charge in [-0.25, -0.2) is 4.99 Å². The Morgan fingerprint density at radius 2 is 1.80 bits per heavy atom. The Kier molecular flexibility index (Phi) is 7.12. The first kappa shape index (κ1) is 21.4. The first-order valence-corrected chi connectivity index (χ1v) is 10.4. The van der Waals surface area contributed by atoms with Crippen LogP contribution in [-0.2, 0) is 13.0 Å². The maximum absolute atomic E-state index is 12.0. The van der Waals surface area contributed by atoms with Crippen molar-refractivity contribution >= 4 is 22.8 Å². The number of H-pyrrole nitrogens is 1. The van der Waals surface area contributed by atoms with Crippen LogP contribution < -0.4 is 10.6 Å². The Balaban J connectivity index is 1.60. The summed E-state index contributed by atoms with van der Waals surface area (Å²) in [6.45, 7) is 6.33. The summed E-state index contributed by atoms with van der Waals surface area (Å²) in [5.74, 6) is 0.802. The molecular weight excluding hydrogens is 374 g/mol. The van der Waals surface area contributed by atoms with Crippen LogP contribution in [0.1, 0.15) is 34.1 Å². The summed E-state index contributed by atoms with van der Waals surface area (Å²) >= 11 is 0. The van der Waals surface area contributed by atoms with Gasteiger partial charge in [-0.3, -0.25) is 4.79 Å². The standard InChI is InChI=1S/C24H31N5O/c1-5-25-24(27-16-18-10-12-19(13-11-18)23(30)29(3)4)26-15-14-20-17(2)28-22-9-7-6-8-21(20)22/h6-13,28H,5,14-16H2,1-4H3,(H2,25,26,27). The molecule has 0 fully saturated rings. The summed E-state index contributed by atoms with van der Waals surface area (Å²) in [7, 11) is 3.51. The highest BCUT2D eigenvalue weighted by atomic mass is 16.2. The van der Waals surface area contributed by atoms with Gasteiger partial charge in [0.05, 0.1) is 6.54 Å². The van der Waals surface area contributed by atoms with Crippen molar-refractivity contribution in [3.63, 3.8) is 0 Å². The molecule has 6 nitrogen and oxygen atoms in total. The molecule has 158 valence electrons. The molecule has 0 aliphatic carbocycles. The van der Waals surface area contributed by atoms with Crippen molar-refractivity contribution in [3.05, 3.63) is 70.9 Å². The molecule has 30 heavy (non-hydrogen) atoms. The number of aliphatic imine (C=N–C) groups is 1. The summed E-state index contributed by atoms with van der Waals surface area (Å²) in [6, 6.07) is 16.0. The Hall–Kier alpha value is -3.28. The molecule has 0 radical (unpaired) electrons. The summed E-state index contributed by atoms with van der Waals surface area (Å²) in [6.07, 6.45) is 0.918. The number of guanidine groups is 1. The van der Waals surface area contributed by atoms with E-state index in [0.29, 0.717) is 12.1 Å². The number of hydrogen-bond acceptors (Lipinski definition) is 2. The smallest absolute Gasteiger partial charge is 0.253 e. The van der Waals surface area contributed by atoms with Crippen LogP contribution in [0.4, 0.5) is 0 Å². The second kappa shape index (κ2) is 9.96. The number of para-hydroxylation sites is 1. The van der Waals surface area contributed by atoms with Crippen molar-refractivity contribution in [1.29, 1.82) is 0 Å². The number of fused-ring (bicyclic) bond motifs is 1. The summed E-state index contributed by atoms with van der Waals surface area (Å²) in [4.78, 5) is 21.7. The highest BCUT2D eigenvalue weighted by Crippen LogP contribution is 2.21. The molecule has 0 unspecified atom stereocenters. The van der Waals surface area contributed by atoms with Crippen LogP contribution in [0.15, 0.2) is 53.5 Å². The van der Waals surface area contributed by atoms with Gasteiger partial charge in [0.2, 0.25) is 0 Å². The molecule has 0 aliphatic heterocycles. The van der Waals surface area contributed by atoms with Gasteiger partial charge in [-0.1, -0.05) is 30.3 Å². The molecule has 2 aromatic carbocycles. The molecule has 0 saturated heterocycles. The SMILES string of the molecule is CCNC(=NCc1ccc(C(=O)N(C)C)cc1)NCCc1c(C)[nH]c2ccccc12. The Bertz CT molecular complexity index is 1020. The highest BCUT2D eigenvalue weighted by Gasteiger charge is 2.09. The number of nitrogens with zero attached hydrogens (tertiary/aromatic N) is 2. The molecule has 6 heteroatoms. The normalized spacial score (nSPS) is 11.5.